The number of carbonyl (C=O) groups excluding carboxylic acids is 1. The Morgan fingerprint density at radius 1 is 1.42 bits per heavy atom. The average molecular weight is 346 g/mol. The van der Waals surface area contributed by atoms with E-state index < -0.39 is 5.82 Å². The van der Waals surface area contributed by atoms with Gasteiger partial charge in [0.15, 0.2) is 0 Å². The van der Waals surface area contributed by atoms with Crippen LogP contribution in [-0.2, 0) is 7.05 Å². The van der Waals surface area contributed by atoms with E-state index in [1.54, 1.807) is 17.7 Å². The highest BCUT2D eigenvalue weighted by Crippen LogP contribution is 2.32. The highest BCUT2D eigenvalue weighted by molar-refractivity contribution is 9.10. The Labute approximate surface area is 123 Å². The number of benzene rings is 1. The van der Waals surface area contributed by atoms with Crippen LogP contribution in [0.1, 0.15) is 16.2 Å². The van der Waals surface area contributed by atoms with Crippen LogP contribution in [0.25, 0.3) is 0 Å². The lowest BCUT2D eigenvalue weighted by molar-refractivity contribution is 0.101. The summed E-state index contributed by atoms with van der Waals surface area (Å²) in [6.45, 7) is 1.90. The fourth-order valence-electron chi connectivity index (χ4n) is 1.68. The third kappa shape index (κ3) is 2.82. The van der Waals surface area contributed by atoms with Crippen LogP contribution in [0.2, 0.25) is 5.02 Å². The molecule has 0 aliphatic carbocycles. The van der Waals surface area contributed by atoms with E-state index in [1.165, 1.54) is 6.07 Å². The van der Waals surface area contributed by atoms with Gasteiger partial charge in [-0.15, -0.1) is 0 Å². The van der Waals surface area contributed by atoms with Gasteiger partial charge in [-0.2, -0.15) is 0 Å². The van der Waals surface area contributed by atoms with E-state index in [0.29, 0.717) is 15.9 Å². The van der Waals surface area contributed by atoms with E-state index in [0.717, 1.165) is 11.8 Å². The molecule has 0 aliphatic rings. The highest BCUT2D eigenvalue weighted by Gasteiger charge is 2.15. The summed E-state index contributed by atoms with van der Waals surface area (Å²) in [5, 5.41) is 2.82. The van der Waals surface area contributed by atoms with Crippen LogP contribution in [0, 0.1) is 12.7 Å². The van der Waals surface area contributed by atoms with Crippen LogP contribution in [0.3, 0.4) is 0 Å². The highest BCUT2D eigenvalue weighted by atomic mass is 79.9. The summed E-state index contributed by atoms with van der Waals surface area (Å²) in [6, 6.07) is 5.96. The molecule has 6 heteroatoms. The third-order valence-corrected chi connectivity index (χ3v) is 3.77. The van der Waals surface area contributed by atoms with Gasteiger partial charge in [-0.1, -0.05) is 11.6 Å². The molecular weight excluding hydrogens is 335 g/mol. The van der Waals surface area contributed by atoms with Gasteiger partial charge in [-0.05, 0) is 47.1 Å². The molecule has 0 atom stereocenters. The van der Waals surface area contributed by atoms with Gasteiger partial charge in [-0.25, -0.2) is 4.39 Å². The maximum absolute atomic E-state index is 13.1. The van der Waals surface area contributed by atoms with E-state index in [-0.39, 0.29) is 10.9 Å². The average Bonchev–Trinajstić information content (AvgIpc) is 2.64. The van der Waals surface area contributed by atoms with Crippen molar-refractivity contribution >= 4 is 39.1 Å². The number of halogens is 3. The second-order valence-electron chi connectivity index (χ2n) is 4.12. The first-order valence-electron chi connectivity index (χ1n) is 5.48. The Bertz CT molecular complexity index is 631. The maximum atomic E-state index is 13.1. The number of hydrogen-bond donors (Lipinski definition) is 1. The van der Waals surface area contributed by atoms with Crippen LogP contribution in [0.5, 0.6) is 0 Å². The zero-order valence-electron chi connectivity index (χ0n) is 10.3. The van der Waals surface area contributed by atoms with Crippen LogP contribution < -0.4 is 5.32 Å². The van der Waals surface area contributed by atoms with Crippen LogP contribution in [0.4, 0.5) is 10.1 Å². The minimum Gasteiger partial charge on any atom is -0.344 e. The zero-order chi connectivity index (χ0) is 14.2. The van der Waals surface area contributed by atoms with E-state index in [9.17, 15) is 9.18 Å². The molecule has 1 N–H and O–H groups in total. The first-order valence-corrected chi connectivity index (χ1v) is 6.65. The molecule has 0 radical (unpaired) electrons. The fraction of sp³-hybridized carbons (Fsp3) is 0.154. The summed E-state index contributed by atoms with van der Waals surface area (Å²) in [5.74, 6) is -0.769. The number of carbonyl (C=O) groups is 1. The van der Waals surface area contributed by atoms with Crippen LogP contribution >= 0.6 is 27.5 Å². The number of hydrogen-bond acceptors (Lipinski definition) is 1. The first-order chi connectivity index (χ1) is 8.90. The Morgan fingerprint density at radius 3 is 2.63 bits per heavy atom. The van der Waals surface area contributed by atoms with Crippen molar-refractivity contribution in [1.29, 1.82) is 0 Å². The second kappa shape index (κ2) is 5.35. The number of nitrogens with one attached hydrogen (secondary N) is 1. The van der Waals surface area contributed by atoms with Crippen molar-refractivity contribution < 1.29 is 9.18 Å². The van der Waals surface area contributed by atoms with Gasteiger partial charge in [0.25, 0.3) is 5.91 Å². The van der Waals surface area contributed by atoms with E-state index in [4.69, 9.17) is 11.6 Å². The Morgan fingerprint density at radius 2 is 2.11 bits per heavy atom. The van der Waals surface area contributed by atoms with E-state index in [1.807, 2.05) is 13.0 Å². The number of aryl methyl sites for hydroxylation is 1. The monoisotopic (exact) mass is 344 g/mol. The van der Waals surface area contributed by atoms with Crippen LogP contribution in [-0.4, -0.2) is 10.5 Å². The number of nitrogens with zero attached hydrogens (tertiary/aromatic N) is 1. The normalized spacial score (nSPS) is 10.6. The van der Waals surface area contributed by atoms with Crippen molar-refractivity contribution in [1.82, 2.24) is 4.57 Å². The molecular formula is C13H11BrClFN2O. The van der Waals surface area contributed by atoms with Gasteiger partial charge in [0, 0.05) is 17.2 Å². The van der Waals surface area contributed by atoms with Gasteiger partial charge >= 0.3 is 0 Å². The molecule has 0 fully saturated rings. The molecule has 2 rings (SSSR count). The molecule has 3 nitrogen and oxygen atoms in total. The van der Waals surface area contributed by atoms with E-state index >= 15 is 0 Å². The molecule has 100 valence electrons. The van der Waals surface area contributed by atoms with E-state index in [2.05, 4.69) is 21.2 Å². The smallest absolute Gasteiger partial charge is 0.272 e. The lowest BCUT2D eigenvalue weighted by Crippen LogP contribution is -2.16. The largest absolute Gasteiger partial charge is 0.344 e. The first kappa shape index (κ1) is 14.1. The van der Waals surface area contributed by atoms with Crippen LogP contribution in [0.15, 0.2) is 28.7 Å². The second-order valence-corrected chi connectivity index (χ2v) is 5.38. The molecule has 1 heterocycles. The fourth-order valence-corrected chi connectivity index (χ4v) is 2.58. The zero-order valence-corrected chi connectivity index (χ0v) is 12.6. The molecule has 0 unspecified atom stereocenters. The summed E-state index contributed by atoms with van der Waals surface area (Å²) in [7, 11) is 1.80. The standard InChI is InChI=1S/C13H11BrClFN2O/c1-7-3-4-11(18(7)2)13(19)17-12-9(14)5-8(16)6-10(12)15/h3-6H,1-2H3,(H,17,19). The van der Waals surface area contributed by atoms with Gasteiger partial charge in [0.2, 0.25) is 0 Å². The summed E-state index contributed by atoms with van der Waals surface area (Å²) in [5.41, 5.74) is 1.83. The predicted molar refractivity (Wildman–Crippen MR) is 77.2 cm³/mol. The van der Waals surface area contributed by atoms with Crippen molar-refractivity contribution in [3.05, 3.63) is 51.0 Å². The van der Waals surface area contributed by atoms with Crippen molar-refractivity contribution in [2.24, 2.45) is 7.05 Å². The summed E-state index contributed by atoms with van der Waals surface area (Å²) in [6.07, 6.45) is 0. The maximum Gasteiger partial charge on any atom is 0.272 e. The quantitative estimate of drug-likeness (QED) is 0.872. The topological polar surface area (TPSA) is 34.0 Å². The third-order valence-electron chi connectivity index (χ3n) is 2.85. The number of amides is 1. The van der Waals surface area contributed by atoms with Crippen molar-refractivity contribution in [3.63, 3.8) is 0 Å². The molecule has 1 aromatic heterocycles. The molecule has 19 heavy (non-hydrogen) atoms. The van der Waals surface area contributed by atoms with Gasteiger partial charge in [-0.3, -0.25) is 4.79 Å². The molecule has 0 bridgehead atoms. The molecule has 0 aliphatic heterocycles. The minimum absolute atomic E-state index is 0.145. The Balaban J connectivity index is 2.32. The van der Waals surface area contributed by atoms with Gasteiger partial charge < -0.3 is 9.88 Å². The Kier molecular flexibility index (Phi) is 3.96. The molecule has 1 amide bonds. The molecule has 1 aromatic carbocycles. The molecule has 0 saturated carbocycles. The minimum atomic E-state index is -0.468. The summed E-state index contributed by atoms with van der Waals surface area (Å²) >= 11 is 9.10. The molecule has 0 spiro atoms. The predicted octanol–water partition coefficient (Wildman–Crippen LogP) is 4.14. The summed E-state index contributed by atoms with van der Waals surface area (Å²) in [4.78, 5) is 12.1. The number of anilines is 1. The Hall–Kier alpha value is -1.33. The van der Waals surface area contributed by atoms with Gasteiger partial charge in [0.05, 0.1) is 10.7 Å². The lowest BCUT2D eigenvalue weighted by Gasteiger charge is -2.10. The van der Waals surface area contributed by atoms with Gasteiger partial charge in [0.1, 0.15) is 11.5 Å². The number of rotatable bonds is 2. The van der Waals surface area contributed by atoms with Crippen molar-refractivity contribution in [3.8, 4) is 0 Å². The SMILES string of the molecule is Cc1ccc(C(=O)Nc2c(Cl)cc(F)cc2Br)n1C. The molecule has 2 aromatic rings. The summed E-state index contributed by atoms with van der Waals surface area (Å²) < 4.78 is 15.3. The van der Waals surface area contributed by atoms with Crippen molar-refractivity contribution in [2.75, 3.05) is 5.32 Å². The lowest BCUT2D eigenvalue weighted by atomic mass is 10.3. The number of aromatic nitrogens is 1. The van der Waals surface area contributed by atoms with Crippen molar-refractivity contribution in [2.45, 2.75) is 6.92 Å². The molecule has 0 saturated heterocycles.